The van der Waals surface area contributed by atoms with Gasteiger partial charge in [0, 0.05) is 19.6 Å². The number of hydrogen-bond donors (Lipinski definition) is 0. The molecule has 0 rings (SSSR count). The minimum absolute atomic E-state index is 0.302. The van der Waals surface area contributed by atoms with Gasteiger partial charge in [0.2, 0.25) is 0 Å². The number of hydrogen-bond acceptors (Lipinski definition) is 2. The first-order chi connectivity index (χ1) is 5.18. The first-order valence-corrected chi connectivity index (χ1v) is 5.47. The van der Waals surface area contributed by atoms with Crippen LogP contribution in [0.5, 0.6) is 0 Å². The van der Waals surface area contributed by atoms with Crippen LogP contribution in [-0.4, -0.2) is 35.2 Å². The van der Waals surface area contributed by atoms with E-state index in [1.165, 1.54) is 0 Å². The average molecular weight is 197 g/mol. The Morgan fingerprint density at radius 1 is 1.55 bits per heavy atom. The molecule has 68 valence electrons. The van der Waals surface area contributed by atoms with Gasteiger partial charge in [-0.15, -0.1) is 11.6 Å². The van der Waals surface area contributed by atoms with Crippen LogP contribution in [0.2, 0.25) is 0 Å². The number of alkyl halides is 1. The molecule has 0 aromatic carbocycles. The van der Waals surface area contributed by atoms with Gasteiger partial charge in [0.1, 0.15) is 5.41 Å². The number of halogens is 1. The van der Waals surface area contributed by atoms with Crippen LogP contribution < -0.4 is 0 Å². The first-order valence-electron chi connectivity index (χ1n) is 3.93. The molecule has 0 aromatic rings. The summed E-state index contributed by atoms with van der Waals surface area (Å²) in [5.41, 5.74) is -0.302. The molecular weight excluding hydrogens is 180 g/mol. The second-order valence-corrected chi connectivity index (χ2v) is 4.47. The highest BCUT2D eigenvalue weighted by Crippen LogP contribution is 2.14. The summed E-state index contributed by atoms with van der Waals surface area (Å²) in [7, 11) is 2.58. The van der Waals surface area contributed by atoms with Crippen LogP contribution >= 0.6 is 11.6 Å². The minimum Gasteiger partial charge on any atom is -0.358 e. The molecule has 0 radical (unpaired) electrons. The summed E-state index contributed by atoms with van der Waals surface area (Å²) in [5, 5.41) is 0. The molecule has 0 aliphatic heterocycles. The smallest absolute Gasteiger partial charge is 0.141 e. The van der Waals surface area contributed by atoms with Crippen LogP contribution in [0.1, 0.15) is 19.8 Å². The SMILES string of the molecule is CCOC([SiH3])(CCCCl)OC. The first kappa shape index (κ1) is 11.4. The lowest BCUT2D eigenvalue weighted by molar-refractivity contribution is -0.161. The van der Waals surface area contributed by atoms with E-state index in [-0.39, 0.29) is 5.41 Å². The third-order valence-corrected chi connectivity index (χ3v) is 3.11. The van der Waals surface area contributed by atoms with E-state index < -0.39 is 0 Å². The van der Waals surface area contributed by atoms with E-state index in [1.807, 2.05) is 6.92 Å². The largest absolute Gasteiger partial charge is 0.358 e. The molecule has 0 fully saturated rings. The van der Waals surface area contributed by atoms with Gasteiger partial charge in [0.25, 0.3) is 0 Å². The minimum atomic E-state index is -0.302. The zero-order valence-electron chi connectivity index (χ0n) is 7.52. The highest BCUT2D eigenvalue weighted by Gasteiger charge is 2.21. The maximum absolute atomic E-state index is 5.57. The molecule has 0 aliphatic rings. The van der Waals surface area contributed by atoms with Gasteiger partial charge in [-0.3, -0.25) is 0 Å². The van der Waals surface area contributed by atoms with E-state index in [4.69, 9.17) is 21.1 Å². The van der Waals surface area contributed by atoms with Crippen molar-refractivity contribution in [3.63, 3.8) is 0 Å². The van der Waals surface area contributed by atoms with Gasteiger partial charge < -0.3 is 9.47 Å². The highest BCUT2D eigenvalue weighted by molar-refractivity contribution is 6.18. The summed E-state index contributed by atoms with van der Waals surface area (Å²) in [4.78, 5) is 0. The fourth-order valence-electron chi connectivity index (χ4n) is 0.926. The van der Waals surface area contributed by atoms with Crippen molar-refractivity contribution in [1.82, 2.24) is 0 Å². The van der Waals surface area contributed by atoms with E-state index in [0.717, 1.165) is 23.1 Å². The summed E-state index contributed by atoms with van der Waals surface area (Å²) in [5.74, 6) is 0.681. The molecule has 0 saturated carbocycles. The molecule has 0 N–H and O–H groups in total. The van der Waals surface area contributed by atoms with Crippen molar-refractivity contribution < 1.29 is 9.47 Å². The second kappa shape index (κ2) is 6.00. The van der Waals surface area contributed by atoms with E-state index in [0.29, 0.717) is 12.5 Å². The molecule has 0 aliphatic carbocycles. The molecule has 0 heterocycles. The van der Waals surface area contributed by atoms with E-state index in [1.54, 1.807) is 7.11 Å². The third-order valence-electron chi connectivity index (χ3n) is 1.65. The summed E-state index contributed by atoms with van der Waals surface area (Å²) in [6, 6.07) is 0. The molecular formula is C7H17ClO2Si. The lowest BCUT2D eigenvalue weighted by Gasteiger charge is -2.27. The fraction of sp³-hybridized carbons (Fsp3) is 1.00. The standard InChI is InChI=1S/C7H17ClO2Si/c1-3-10-7(11,9-2)5-4-6-8/h3-6H2,1-2,11H3. The van der Waals surface area contributed by atoms with Crippen molar-refractivity contribution in [3.8, 4) is 0 Å². The predicted molar refractivity (Wildman–Crippen MR) is 51.3 cm³/mol. The van der Waals surface area contributed by atoms with E-state index in [2.05, 4.69) is 0 Å². The molecule has 0 amide bonds. The van der Waals surface area contributed by atoms with E-state index in [9.17, 15) is 0 Å². The molecule has 4 heteroatoms. The third kappa shape index (κ3) is 4.79. The molecule has 2 nitrogen and oxygen atoms in total. The Kier molecular flexibility index (Phi) is 6.23. The van der Waals surface area contributed by atoms with Gasteiger partial charge in [-0.25, -0.2) is 0 Å². The Bertz CT molecular complexity index is 102. The Balaban J connectivity index is 3.68. The van der Waals surface area contributed by atoms with Gasteiger partial charge in [0.05, 0.1) is 10.2 Å². The van der Waals surface area contributed by atoms with Crippen LogP contribution in [0.15, 0.2) is 0 Å². The predicted octanol–water partition coefficient (Wildman–Crippen LogP) is 0.708. The van der Waals surface area contributed by atoms with Crippen molar-refractivity contribution in [2.24, 2.45) is 0 Å². The van der Waals surface area contributed by atoms with Crippen LogP contribution in [0.25, 0.3) is 0 Å². The van der Waals surface area contributed by atoms with Crippen molar-refractivity contribution in [3.05, 3.63) is 0 Å². The van der Waals surface area contributed by atoms with Crippen molar-refractivity contribution in [1.29, 1.82) is 0 Å². The number of methoxy groups -OCH3 is 1. The van der Waals surface area contributed by atoms with Crippen LogP contribution in [-0.2, 0) is 9.47 Å². The number of ether oxygens (including phenoxy) is 2. The summed E-state index contributed by atoms with van der Waals surface area (Å²) in [6.45, 7) is 2.69. The Morgan fingerprint density at radius 2 is 2.18 bits per heavy atom. The molecule has 0 spiro atoms. The van der Waals surface area contributed by atoms with E-state index >= 15 is 0 Å². The lowest BCUT2D eigenvalue weighted by Crippen LogP contribution is -2.35. The molecule has 0 aromatic heterocycles. The van der Waals surface area contributed by atoms with Gasteiger partial charge in [-0.05, 0) is 19.8 Å². The van der Waals surface area contributed by atoms with Crippen molar-refractivity contribution in [2.45, 2.75) is 25.2 Å². The maximum Gasteiger partial charge on any atom is 0.141 e. The molecule has 11 heavy (non-hydrogen) atoms. The highest BCUT2D eigenvalue weighted by atomic mass is 35.5. The zero-order chi connectivity index (χ0) is 8.74. The Hall–Kier alpha value is 0.427. The van der Waals surface area contributed by atoms with Gasteiger partial charge in [-0.1, -0.05) is 0 Å². The maximum atomic E-state index is 5.57. The van der Waals surface area contributed by atoms with Crippen LogP contribution in [0.3, 0.4) is 0 Å². The Morgan fingerprint density at radius 3 is 2.55 bits per heavy atom. The average Bonchev–Trinajstić information content (AvgIpc) is 2.02. The Labute approximate surface area is 76.6 Å². The van der Waals surface area contributed by atoms with Crippen molar-refractivity contribution in [2.75, 3.05) is 19.6 Å². The van der Waals surface area contributed by atoms with Crippen molar-refractivity contribution >= 4 is 21.8 Å². The number of rotatable bonds is 6. The second-order valence-electron chi connectivity index (χ2n) is 2.56. The van der Waals surface area contributed by atoms with Crippen LogP contribution in [0.4, 0.5) is 0 Å². The lowest BCUT2D eigenvalue weighted by atomic mass is 10.3. The summed E-state index contributed by atoms with van der Waals surface area (Å²) >= 11 is 5.57. The van der Waals surface area contributed by atoms with Gasteiger partial charge in [0.15, 0.2) is 0 Å². The molecule has 0 bridgehead atoms. The normalized spacial score (nSPS) is 16.6. The molecule has 1 unspecified atom stereocenters. The molecule has 0 saturated heterocycles. The van der Waals surface area contributed by atoms with Gasteiger partial charge in [-0.2, -0.15) is 0 Å². The van der Waals surface area contributed by atoms with Gasteiger partial charge >= 0.3 is 0 Å². The summed E-state index contributed by atoms with van der Waals surface area (Å²) < 4.78 is 10.7. The van der Waals surface area contributed by atoms with Crippen LogP contribution in [0, 0.1) is 0 Å². The zero-order valence-corrected chi connectivity index (χ0v) is 10.3. The molecule has 1 atom stereocenters. The quantitative estimate of drug-likeness (QED) is 0.354. The monoisotopic (exact) mass is 196 g/mol. The fourth-order valence-corrected chi connectivity index (χ4v) is 1.70. The summed E-state index contributed by atoms with van der Waals surface area (Å²) in [6.07, 6.45) is 1.87. The topological polar surface area (TPSA) is 18.5 Å².